The van der Waals surface area contributed by atoms with Gasteiger partial charge in [-0.1, -0.05) is 0 Å². The molecule has 1 saturated heterocycles. The average Bonchev–Trinajstić information content (AvgIpc) is 3.09. The summed E-state index contributed by atoms with van der Waals surface area (Å²) in [4.78, 5) is 27.6. The minimum Gasteiger partial charge on any atom is -0.348 e. The number of nitrogens with zero attached hydrogens (tertiary/aromatic N) is 3. The van der Waals surface area contributed by atoms with Gasteiger partial charge in [-0.15, -0.1) is 11.3 Å². The Balaban J connectivity index is 1.66. The number of hydrogen-bond acceptors (Lipinski definition) is 4. The van der Waals surface area contributed by atoms with Crippen LogP contribution in [0.15, 0.2) is 12.4 Å². The summed E-state index contributed by atoms with van der Waals surface area (Å²) in [6, 6.07) is 0. The van der Waals surface area contributed by atoms with Crippen LogP contribution in [0.25, 0.3) is 0 Å². The van der Waals surface area contributed by atoms with Gasteiger partial charge in [-0.3, -0.25) is 4.79 Å². The first kappa shape index (κ1) is 14.3. The molecule has 1 aliphatic heterocycles. The lowest BCUT2D eigenvalue weighted by Gasteiger charge is -2.31. The molecule has 1 unspecified atom stereocenters. The van der Waals surface area contributed by atoms with Crippen LogP contribution in [0, 0.1) is 13.8 Å². The van der Waals surface area contributed by atoms with Gasteiger partial charge >= 0.3 is 0 Å². The number of likely N-dealkylation sites (tertiary alicyclic amines) is 1. The standard InChI is InChI=1S/C15H20N4OS/c1-10-13(18-11(2)21-10)8-14(20)19-7-3-4-12(9-19)15-16-5-6-17-15/h5-6,12H,3-4,7-9H2,1-2H3,(H,16,17). The van der Waals surface area contributed by atoms with Crippen molar-refractivity contribution in [2.24, 2.45) is 0 Å². The van der Waals surface area contributed by atoms with E-state index in [1.807, 2.05) is 24.9 Å². The lowest BCUT2D eigenvalue weighted by Crippen LogP contribution is -2.40. The van der Waals surface area contributed by atoms with Crippen molar-refractivity contribution in [1.29, 1.82) is 0 Å². The highest BCUT2D eigenvalue weighted by molar-refractivity contribution is 7.11. The summed E-state index contributed by atoms with van der Waals surface area (Å²) in [5, 5.41) is 1.03. The van der Waals surface area contributed by atoms with Crippen molar-refractivity contribution in [1.82, 2.24) is 19.9 Å². The van der Waals surface area contributed by atoms with E-state index in [0.717, 1.165) is 47.3 Å². The molecule has 0 radical (unpaired) electrons. The van der Waals surface area contributed by atoms with Gasteiger partial charge in [0.2, 0.25) is 5.91 Å². The Morgan fingerprint density at radius 1 is 1.52 bits per heavy atom. The molecule has 1 fully saturated rings. The molecule has 1 aliphatic rings. The van der Waals surface area contributed by atoms with Gasteiger partial charge in [0.05, 0.1) is 17.1 Å². The van der Waals surface area contributed by atoms with Crippen LogP contribution in [-0.4, -0.2) is 38.8 Å². The van der Waals surface area contributed by atoms with Crippen LogP contribution in [0.4, 0.5) is 0 Å². The van der Waals surface area contributed by atoms with Crippen LogP contribution in [0.3, 0.4) is 0 Å². The number of carbonyl (C=O) groups excluding carboxylic acids is 1. The first-order chi connectivity index (χ1) is 10.1. The first-order valence-corrected chi connectivity index (χ1v) is 8.15. The highest BCUT2D eigenvalue weighted by atomic mass is 32.1. The molecule has 2 aromatic heterocycles. The molecule has 3 rings (SSSR count). The van der Waals surface area contributed by atoms with Crippen LogP contribution in [0.1, 0.15) is 40.2 Å². The van der Waals surface area contributed by atoms with E-state index < -0.39 is 0 Å². The molecular weight excluding hydrogens is 284 g/mol. The summed E-state index contributed by atoms with van der Waals surface area (Å²) in [6.45, 7) is 5.63. The Morgan fingerprint density at radius 3 is 3.05 bits per heavy atom. The monoisotopic (exact) mass is 304 g/mol. The largest absolute Gasteiger partial charge is 0.348 e. The molecule has 0 aliphatic carbocycles. The maximum Gasteiger partial charge on any atom is 0.228 e. The summed E-state index contributed by atoms with van der Waals surface area (Å²) in [5.74, 6) is 1.50. The van der Waals surface area contributed by atoms with Crippen molar-refractivity contribution in [3.05, 3.63) is 33.8 Å². The molecule has 0 bridgehead atoms. The van der Waals surface area contributed by atoms with E-state index in [1.54, 1.807) is 17.5 Å². The van der Waals surface area contributed by atoms with Gasteiger partial charge < -0.3 is 9.88 Å². The molecule has 0 aromatic carbocycles. The Labute approximate surface area is 128 Å². The summed E-state index contributed by atoms with van der Waals surface area (Å²) in [5.41, 5.74) is 0.933. The molecular formula is C15H20N4OS. The zero-order valence-electron chi connectivity index (χ0n) is 12.4. The predicted octanol–water partition coefficient (Wildman–Crippen LogP) is 2.43. The Hall–Kier alpha value is -1.69. The Bertz CT molecular complexity index is 620. The number of aryl methyl sites for hydroxylation is 2. The Morgan fingerprint density at radius 2 is 2.38 bits per heavy atom. The lowest BCUT2D eigenvalue weighted by molar-refractivity contribution is -0.131. The van der Waals surface area contributed by atoms with E-state index >= 15 is 0 Å². The molecule has 2 aromatic rings. The van der Waals surface area contributed by atoms with Crippen LogP contribution >= 0.6 is 11.3 Å². The SMILES string of the molecule is Cc1nc(CC(=O)N2CCCC(c3ncc[nH]3)C2)c(C)s1. The maximum absolute atomic E-state index is 12.5. The van der Waals surface area contributed by atoms with Crippen molar-refractivity contribution in [3.8, 4) is 0 Å². The fraction of sp³-hybridized carbons (Fsp3) is 0.533. The number of amides is 1. The summed E-state index contributed by atoms with van der Waals surface area (Å²) in [6.07, 6.45) is 6.16. The van der Waals surface area contributed by atoms with Crippen molar-refractivity contribution >= 4 is 17.2 Å². The molecule has 1 N–H and O–H groups in total. The third kappa shape index (κ3) is 3.15. The maximum atomic E-state index is 12.5. The number of thiazole rings is 1. The minimum atomic E-state index is 0.180. The van der Waals surface area contributed by atoms with Gasteiger partial charge in [0.15, 0.2) is 0 Å². The zero-order valence-corrected chi connectivity index (χ0v) is 13.2. The molecule has 5 nitrogen and oxygen atoms in total. The number of carbonyl (C=O) groups is 1. The molecule has 1 atom stereocenters. The van der Waals surface area contributed by atoms with E-state index in [2.05, 4.69) is 15.0 Å². The van der Waals surface area contributed by atoms with Crippen molar-refractivity contribution in [2.45, 2.75) is 39.0 Å². The number of rotatable bonds is 3. The molecule has 112 valence electrons. The molecule has 21 heavy (non-hydrogen) atoms. The normalized spacial score (nSPS) is 19.0. The summed E-state index contributed by atoms with van der Waals surface area (Å²) in [7, 11) is 0. The smallest absolute Gasteiger partial charge is 0.228 e. The molecule has 6 heteroatoms. The van der Waals surface area contributed by atoms with E-state index in [1.165, 1.54) is 0 Å². The van der Waals surface area contributed by atoms with Crippen LogP contribution in [-0.2, 0) is 11.2 Å². The van der Waals surface area contributed by atoms with Gasteiger partial charge in [-0.25, -0.2) is 9.97 Å². The second-order valence-corrected chi connectivity index (χ2v) is 6.97. The summed E-state index contributed by atoms with van der Waals surface area (Å²) >= 11 is 1.66. The van der Waals surface area contributed by atoms with Crippen molar-refractivity contribution < 1.29 is 4.79 Å². The van der Waals surface area contributed by atoms with E-state index in [0.29, 0.717) is 12.3 Å². The number of aromatic nitrogens is 3. The van der Waals surface area contributed by atoms with Gasteiger partial charge in [0.25, 0.3) is 0 Å². The predicted molar refractivity (Wildman–Crippen MR) is 82.4 cm³/mol. The van der Waals surface area contributed by atoms with Crippen LogP contribution in [0.5, 0.6) is 0 Å². The van der Waals surface area contributed by atoms with E-state index in [9.17, 15) is 4.79 Å². The van der Waals surface area contributed by atoms with Gasteiger partial charge in [-0.2, -0.15) is 0 Å². The number of piperidine rings is 1. The first-order valence-electron chi connectivity index (χ1n) is 7.33. The van der Waals surface area contributed by atoms with E-state index in [-0.39, 0.29) is 5.91 Å². The third-order valence-corrected chi connectivity index (χ3v) is 4.93. The fourth-order valence-electron chi connectivity index (χ4n) is 2.92. The van der Waals surface area contributed by atoms with Gasteiger partial charge in [0.1, 0.15) is 5.82 Å². The Kier molecular flexibility index (Phi) is 4.05. The zero-order chi connectivity index (χ0) is 14.8. The number of imidazole rings is 1. The average molecular weight is 304 g/mol. The van der Waals surface area contributed by atoms with Crippen LogP contribution < -0.4 is 0 Å². The van der Waals surface area contributed by atoms with Gasteiger partial charge in [0, 0.05) is 36.3 Å². The number of aromatic amines is 1. The quantitative estimate of drug-likeness (QED) is 0.947. The van der Waals surface area contributed by atoms with Gasteiger partial charge in [-0.05, 0) is 26.7 Å². The second-order valence-electron chi connectivity index (χ2n) is 5.57. The van der Waals surface area contributed by atoms with Crippen molar-refractivity contribution in [2.75, 3.05) is 13.1 Å². The van der Waals surface area contributed by atoms with Crippen LogP contribution in [0.2, 0.25) is 0 Å². The topological polar surface area (TPSA) is 61.9 Å². The molecule has 0 spiro atoms. The lowest BCUT2D eigenvalue weighted by atomic mass is 9.97. The number of nitrogens with one attached hydrogen (secondary N) is 1. The van der Waals surface area contributed by atoms with E-state index in [4.69, 9.17) is 0 Å². The molecule has 0 saturated carbocycles. The highest BCUT2D eigenvalue weighted by Crippen LogP contribution is 2.25. The third-order valence-electron chi connectivity index (χ3n) is 4.00. The number of hydrogen-bond donors (Lipinski definition) is 1. The highest BCUT2D eigenvalue weighted by Gasteiger charge is 2.26. The number of H-pyrrole nitrogens is 1. The second kappa shape index (κ2) is 5.97. The summed E-state index contributed by atoms with van der Waals surface area (Å²) < 4.78 is 0. The minimum absolute atomic E-state index is 0.180. The fourth-order valence-corrected chi connectivity index (χ4v) is 3.75. The molecule has 1 amide bonds. The van der Waals surface area contributed by atoms with Crippen molar-refractivity contribution in [3.63, 3.8) is 0 Å². The molecule has 3 heterocycles.